The Balaban J connectivity index is 2.50. The normalized spacial score (nSPS) is 15.9. The first-order valence-electron chi connectivity index (χ1n) is 3.03. The second kappa shape index (κ2) is 3.09. The second-order valence-electron chi connectivity index (χ2n) is 1.96. The topological polar surface area (TPSA) is 44.8 Å². The van der Waals surface area contributed by atoms with Gasteiger partial charge in [0.05, 0.1) is 0 Å². The predicted molar refractivity (Wildman–Crippen MR) is 36.0 cm³/mol. The summed E-state index contributed by atoms with van der Waals surface area (Å²) in [6.45, 7) is 5.59. The molecule has 0 saturated carbocycles. The molecule has 0 N–H and O–H groups in total. The molecule has 11 heavy (non-hydrogen) atoms. The molecule has 4 nitrogen and oxygen atoms in total. The summed E-state index contributed by atoms with van der Waals surface area (Å²) in [4.78, 5) is 9.79. The smallest absolute Gasteiger partial charge is 0.293 e. The predicted octanol–water partition coefficient (Wildman–Crippen LogP) is 0.909. The van der Waals surface area contributed by atoms with Gasteiger partial charge in [-0.05, 0) is 13.5 Å². The molecule has 1 aliphatic heterocycles. The molecule has 4 heteroatoms. The van der Waals surface area contributed by atoms with Crippen LogP contribution in [0, 0.1) is 0 Å². The van der Waals surface area contributed by atoms with E-state index in [1.807, 2.05) is 0 Å². The van der Waals surface area contributed by atoms with Crippen LogP contribution in [0.15, 0.2) is 24.0 Å². The summed E-state index contributed by atoms with van der Waals surface area (Å²) in [7, 11) is 0. The first-order valence-corrected chi connectivity index (χ1v) is 3.03. The Bertz CT molecular complexity index is 216. The first kappa shape index (κ1) is 7.65. The van der Waals surface area contributed by atoms with E-state index in [1.165, 1.54) is 0 Å². The van der Waals surface area contributed by atoms with E-state index in [9.17, 15) is 4.79 Å². The summed E-state index contributed by atoms with van der Waals surface area (Å²) in [5.74, 6) is 1.28. The van der Waals surface area contributed by atoms with E-state index in [-0.39, 0.29) is 12.6 Å². The molecule has 1 rings (SSSR count). The molecular formula is C7H8O4. The van der Waals surface area contributed by atoms with Crippen molar-refractivity contribution < 1.29 is 19.0 Å². The fourth-order valence-electron chi connectivity index (χ4n) is 0.699. The third-order valence-corrected chi connectivity index (χ3v) is 1.18. The van der Waals surface area contributed by atoms with Gasteiger partial charge in [-0.2, -0.15) is 0 Å². The van der Waals surface area contributed by atoms with Gasteiger partial charge in [0.25, 0.3) is 12.4 Å². The zero-order valence-corrected chi connectivity index (χ0v) is 6.12. The van der Waals surface area contributed by atoms with Gasteiger partial charge in [-0.15, -0.1) is 0 Å². The monoisotopic (exact) mass is 156 g/mol. The number of hydrogen-bond donors (Lipinski definition) is 0. The molecule has 0 aromatic carbocycles. The van der Waals surface area contributed by atoms with Gasteiger partial charge in [0.2, 0.25) is 0 Å². The van der Waals surface area contributed by atoms with E-state index in [2.05, 4.69) is 11.3 Å². The minimum atomic E-state index is 0.0916. The van der Waals surface area contributed by atoms with Gasteiger partial charge in [-0.1, -0.05) is 0 Å². The minimum Gasteiger partial charge on any atom is -0.460 e. The summed E-state index contributed by atoms with van der Waals surface area (Å²) in [5, 5.41) is 0. The Hall–Kier alpha value is -1.45. The fraction of sp³-hybridized carbons (Fsp3) is 0.286. The van der Waals surface area contributed by atoms with E-state index >= 15 is 0 Å². The average Bonchev–Trinajstić information content (AvgIpc) is 2.26. The van der Waals surface area contributed by atoms with Crippen molar-refractivity contribution in [1.29, 1.82) is 0 Å². The summed E-state index contributed by atoms with van der Waals surface area (Å²) in [6, 6.07) is 0. The number of ether oxygens (including phenoxy) is 3. The lowest BCUT2D eigenvalue weighted by molar-refractivity contribution is -0.128. The number of hydrogen-bond acceptors (Lipinski definition) is 4. The second-order valence-corrected chi connectivity index (χ2v) is 1.96. The lowest BCUT2D eigenvalue weighted by atomic mass is 10.4. The molecule has 0 atom stereocenters. The number of rotatable bonds is 3. The van der Waals surface area contributed by atoms with Gasteiger partial charge in [0, 0.05) is 0 Å². The quantitative estimate of drug-likeness (QED) is 0.569. The van der Waals surface area contributed by atoms with Crippen LogP contribution in [0.1, 0.15) is 6.92 Å². The van der Waals surface area contributed by atoms with E-state index < -0.39 is 0 Å². The molecule has 0 aromatic rings. The first-order chi connectivity index (χ1) is 5.24. The van der Waals surface area contributed by atoms with Gasteiger partial charge in [-0.3, -0.25) is 4.79 Å². The highest BCUT2D eigenvalue weighted by atomic mass is 16.7. The molecule has 0 amide bonds. The lowest BCUT2D eigenvalue weighted by Crippen LogP contribution is -1.97. The number of carbonyl (C=O) groups excluding carboxylic acids is 1. The van der Waals surface area contributed by atoms with Crippen molar-refractivity contribution >= 4 is 6.47 Å². The van der Waals surface area contributed by atoms with Gasteiger partial charge in [0.15, 0.2) is 12.4 Å². The Labute approximate surface area is 64.0 Å². The molecule has 0 fully saturated rings. The summed E-state index contributed by atoms with van der Waals surface area (Å²) >= 11 is 0. The molecule has 0 radical (unpaired) electrons. The van der Waals surface area contributed by atoms with Gasteiger partial charge >= 0.3 is 0 Å². The van der Waals surface area contributed by atoms with Gasteiger partial charge in [-0.25, -0.2) is 0 Å². The largest absolute Gasteiger partial charge is 0.460 e. The molecule has 60 valence electrons. The van der Waals surface area contributed by atoms with Crippen molar-refractivity contribution in [1.82, 2.24) is 0 Å². The van der Waals surface area contributed by atoms with E-state index in [0.29, 0.717) is 18.0 Å². The Morgan fingerprint density at radius 1 is 1.64 bits per heavy atom. The van der Waals surface area contributed by atoms with Crippen LogP contribution in [0.25, 0.3) is 0 Å². The van der Waals surface area contributed by atoms with E-state index in [0.717, 1.165) is 0 Å². The maximum absolute atomic E-state index is 9.79. The Morgan fingerprint density at radius 3 is 2.82 bits per heavy atom. The van der Waals surface area contributed by atoms with Crippen molar-refractivity contribution in [2.75, 3.05) is 6.61 Å². The third-order valence-electron chi connectivity index (χ3n) is 1.18. The van der Waals surface area contributed by atoms with Crippen molar-refractivity contribution in [3.8, 4) is 0 Å². The van der Waals surface area contributed by atoms with E-state index in [4.69, 9.17) is 9.47 Å². The molecule has 0 saturated heterocycles. The molecule has 1 aliphatic rings. The van der Waals surface area contributed by atoms with Gasteiger partial charge in [0.1, 0.15) is 5.76 Å². The molecule has 0 aromatic heterocycles. The molecule has 1 heterocycles. The SMILES string of the molecule is C=C1OC(C)=C(COC=O)O1. The van der Waals surface area contributed by atoms with Crippen molar-refractivity contribution in [2.45, 2.75) is 6.92 Å². The van der Waals surface area contributed by atoms with Crippen LogP contribution >= 0.6 is 0 Å². The fourth-order valence-corrected chi connectivity index (χ4v) is 0.699. The molecule has 0 bridgehead atoms. The molecule has 0 aliphatic carbocycles. The van der Waals surface area contributed by atoms with Crippen molar-refractivity contribution in [3.05, 3.63) is 24.0 Å². The maximum Gasteiger partial charge on any atom is 0.293 e. The highest BCUT2D eigenvalue weighted by Crippen LogP contribution is 2.22. The zero-order valence-electron chi connectivity index (χ0n) is 6.12. The van der Waals surface area contributed by atoms with Gasteiger partial charge < -0.3 is 14.2 Å². The molecule has 0 unspecified atom stereocenters. The average molecular weight is 156 g/mol. The Kier molecular flexibility index (Phi) is 2.15. The van der Waals surface area contributed by atoms with Crippen LogP contribution in [0.5, 0.6) is 0 Å². The summed E-state index contributed by atoms with van der Waals surface area (Å²) < 4.78 is 14.3. The lowest BCUT2D eigenvalue weighted by Gasteiger charge is -1.97. The van der Waals surface area contributed by atoms with Crippen molar-refractivity contribution in [2.24, 2.45) is 0 Å². The van der Waals surface area contributed by atoms with E-state index in [1.54, 1.807) is 6.92 Å². The standard InChI is InChI=1S/C7H8O4/c1-5-7(3-9-4-8)11-6(2)10-5/h4H,2-3H2,1H3. The van der Waals surface area contributed by atoms with Crippen LogP contribution < -0.4 is 0 Å². The molecular weight excluding hydrogens is 148 g/mol. The van der Waals surface area contributed by atoms with Crippen LogP contribution in [-0.4, -0.2) is 13.1 Å². The van der Waals surface area contributed by atoms with Crippen LogP contribution in [0.3, 0.4) is 0 Å². The third kappa shape index (κ3) is 1.73. The maximum atomic E-state index is 9.79. The number of allylic oxidation sites excluding steroid dienone is 1. The minimum absolute atomic E-state index is 0.0916. The number of carbonyl (C=O) groups is 1. The summed E-state index contributed by atoms with van der Waals surface area (Å²) in [6.07, 6.45) is 0. The van der Waals surface area contributed by atoms with Crippen LogP contribution in [-0.2, 0) is 19.0 Å². The molecule has 0 spiro atoms. The highest BCUT2D eigenvalue weighted by Gasteiger charge is 2.17. The Morgan fingerprint density at radius 2 is 2.36 bits per heavy atom. The highest BCUT2D eigenvalue weighted by molar-refractivity contribution is 5.37. The van der Waals surface area contributed by atoms with Crippen molar-refractivity contribution in [3.63, 3.8) is 0 Å². The van der Waals surface area contributed by atoms with Crippen LogP contribution in [0.4, 0.5) is 0 Å². The van der Waals surface area contributed by atoms with Crippen LogP contribution in [0.2, 0.25) is 0 Å². The summed E-state index contributed by atoms with van der Waals surface area (Å²) in [5.41, 5.74) is 0. The zero-order chi connectivity index (χ0) is 8.27.